The van der Waals surface area contributed by atoms with Crippen LogP contribution in [0.25, 0.3) is 18.8 Å². The molecule has 1 aromatic carbocycles. The first-order valence-corrected chi connectivity index (χ1v) is 6.55. The summed E-state index contributed by atoms with van der Waals surface area (Å²) in [7, 11) is 0. The fourth-order valence-corrected chi connectivity index (χ4v) is 4.83. The van der Waals surface area contributed by atoms with Crippen LogP contribution in [0.3, 0.4) is 0 Å². The minimum Gasteiger partial charge on any atom is -0.265 e. The molecule has 0 aliphatic rings. The number of aromatic amines is 2. The zero-order chi connectivity index (χ0) is 7.97. The summed E-state index contributed by atoms with van der Waals surface area (Å²) in [5.41, 5.74) is 0. The molecule has 0 spiro atoms. The summed E-state index contributed by atoms with van der Waals surface area (Å²) in [6.07, 6.45) is 0. The Labute approximate surface area is 84.4 Å². The smallest absolute Gasteiger partial charge is 0.0652 e. The summed E-state index contributed by atoms with van der Waals surface area (Å²) >= 11 is 6.79. The molecule has 0 fully saturated rings. The normalized spacial score (nSPS) is 11.3. The van der Waals surface area contributed by atoms with Gasteiger partial charge in [-0.05, 0) is 12.1 Å². The van der Waals surface area contributed by atoms with Crippen LogP contribution in [0.1, 0.15) is 0 Å². The van der Waals surface area contributed by atoms with E-state index in [0.717, 1.165) is 0 Å². The van der Waals surface area contributed by atoms with E-state index in [0.29, 0.717) is 0 Å². The van der Waals surface area contributed by atoms with Gasteiger partial charge >= 0.3 is 0 Å². The summed E-state index contributed by atoms with van der Waals surface area (Å²) in [5.74, 6) is 0. The van der Waals surface area contributed by atoms with Crippen molar-refractivity contribution in [1.82, 2.24) is 7.53 Å². The molecule has 3 aromatic rings. The highest BCUT2D eigenvalue weighted by Gasteiger charge is 2.01. The molecule has 12 heavy (non-hydrogen) atoms. The van der Waals surface area contributed by atoms with Gasteiger partial charge in [-0.25, -0.2) is 0 Å². The average Bonchev–Trinajstić information content (AvgIpc) is 2.64. The second-order valence-electron chi connectivity index (χ2n) is 2.32. The van der Waals surface area contributed by atoms with Gasteiger partial charge in [-0.3, -0.25) is 7.53 Å². The lowest BCUT2D eigenvalue weighted by Gasteiger charge is -1.85. The summed E-state index contributed by atoms with van der Waals surface area (Å²) in [4.78, 5) is 0. The molecular weight excluding hydrogens is 228 g/mol. The third-order valence-electron chi connectivity index (χ3n) is 1.62. The number of benzene rings is 1. The minimum absolute atomic E-state index is 1.34. The van der Waals surface area contributed by atoms with E-state index in [4.69, 9.17) is 0 Å². The molecule has 0 unspecified atom stereocenters. The number of hydrogen-bond acceptors (Lipinski definition) is 4. The molecule has 0 aliphatic heterocycles. The lowest BCUT2D eigenvalue weighted by Crippen LogP contribution is -1.59. The van der Waals surface area contributed by atoms with Gasteiger partial charge in [-0.2, -0.15) is 0 Å². The second kappa shape index (κ2) is 2.59. The predicted octanol–water partition coefficient (Wildman–Crippen LogP) is 4.02. The van der Waals surface area contributed by atoms with Crippen molar-refractivity contribution in [2.24, 2.45) is 0 Å². The fraction of sp³-hybridized carbons (Fsp3) is 0. The fourth-order valence-electron chi connectivity index (χ4n) is 1.06. The van der Waals surface area contributed by atoms with Crippen LogP contribution in [0.15, 0.2) is 12.1 Å². The van der Waals surface area contributed by atoms with Gasteiger partial charge in [0.1, 0.15) is 0 Å². The molecular formula is C6H4N2S4. The molecule has 62 valence electrons. The number of rotatable bonds is 0. The van der Waals surface area contributed by atoms with E-state index in [-0.39, 0.29) is 0 Å². The molecule has 2 N–H and O–H groups in total. The molecule has 0 aliphatic carbocycles. The molecule has 0 atom stereocenters. The van der Waals surface area contributed by atoms with E-state index in [9.17, 15) is 0 Å². The van der Waals surface area contributed by atoms with Crippen molar-refractivity contribution in [3.05, 3.63) is 12.1 Å². The van der Waals surface area contributed by atoms with Crippen molar-refractivity contribution in [3.8, 4) is 0 Å². The highest BCUT2D eigenvalue weighted by molar-refractivity contribution is 7.32. The second-order valence-corrected chi connectivity index (χ2v) is 6.23. The van der Waals surface area contributed by atoms with Gasteiger partial charge in [-0.1, -0.05) is 46.1 Å². The van der Waals surface area contributed by atoms with Gasteiger partial charge in [-0.15, -0.1) is 0 Å². The van der Waals surface area contributed by atoms with E-state index in [1.165, 1.54) is 18.8 Å². The quantitative estimate of drug-likeness (QED) is 0.587. The maximum Gasteiger partial charge on any atom is 0.0652 e. The molecule has 0 saturated heterocycles. The summed E-state index contributed by atoms with van der Waals surface area (Å²) in [6, 6.07) is 4.47. The number of fused-ring (bicyclic) bond motifs is 2. The Kier molecular flexibility index (Phi) is 1.54. The van der Waals surface area contributed by atoms with E-state index in [1.54, 1.807) is 46.1 Å². The number of aromatic nitrogens is 2. The largest absolute Gasteiger partial charge is 0.265 e. The first-order chi connectivity index (χ1) is 5.93. The molecule has 6 heteroatoms. The monoisotopic (exact) mass is 232 g/mol. The van der Waals surface area contributed by atoms with Gasteiger partial charge in [0.15, 0.2) is 0 Å². The molecule has 2 aromatic heterocycles. The van der Waals surface area contributed by atoms with Gasteiger partial charge < -0.3 is 0 Å². The molecule has 0 saturated carbocycles. The highest BCUT2D eigenvalue weighted by Crippen LogP contribution is 2.31. The summed E-state index contributed by atoms with van der Waals surface area (Å²) in [5, 5.41) is 0. The van der Waals surface area contributed by atoms with Gasteiger partial charge in [0.2, 0.25) is 0 Å². The first kappa shape index (κ1) is 7.14. The van der Waals surface area contributed by atoms with Crippen LogP contribution in [0, 0.1) is 0 Å². The average molecular weight is 232 g/mol. The molecule has 0 bridgehead atoms. The zero-order valence-electron chi connectivity index (χ0n) is 5.79. The number of H-pyrrole nitrogens is 2. The van der Waals surface area contributed by atoms with Crippen LogP contribution in [0.4, 0.5) is 0 Å². The first-order valence-electron chi connectivity index (χ1n) is 3.29. The van der Waals surface area contributed by atoms with Crippen LogP contribution in [-0.4, -0.2) is 7.53 Å². The van der Waals surface area contributed by atoms with Crippen LogP contribution < -0.4 is 0 Å². The Hall–Kier alpha value is -0.300. The van der Waals surface area contributed by atoms with Crippen molar-refractivity contribution < 1.29 is 0 Å². The lowest BCUT2D eigenvalue weighted by atomic mass is 10.4. The van der Waals surface area contributed by atoms with Crippen LogP contribution in [0.2, 0.25) is 0 Å². The van der Waals surface area contributed by atoms with E-state index in [2.05, 4.69) is 19.7 Å². The van der Waals surface area contributed by atoms with E-state index < -0.39 is 0 Å². The van der Waals surface area contributed by atoms with Crippen LogP contribution >= 0.6 is 46.1 Å². The van der Waals surface area contributed by atoms with Crippen molar-refractivity contribution in [2.75, 3.05) is 0 Å². The Morgan fingerprint density at radius 1 is 0.667 bits per heavy atom. The number of hydrogen-bond donors (Lipinski definition) is 2. The molecule has 2 heterocycles. The molecule has 0 amide bonds. The van der Waals surface area contributed by atoms with E-state index >= 15 is 0 Å². The van der Waals surface area contributed by atoms with Crippen molar-refractivity contribution in [2.45, 2.75) is 0 Å². The van der Waals surface area contributed by atoms with Gasteiger partial charge in [0.05, 0.1) is 18.8 Å². The molecule has 3 rings (SSSR count). The molecule has 0 radical (unpaired) electrons. The minimum atomic E-state index is 1.34. The van der Waals surface area contributed by atoms with Gasteiger partial charge in [0, 0.05) is 0 Å². The topological polar surface area (TPSA) is 31.6 Å². The lowest BCUT2D eigenvalue weighted by molar-refractivity contribution is 1.91. The van der Waals surface area contributed by atoms with Crippen molar-refractivity contribution >= 4 is 64.9 Å². The molecule has 2 nitrogen and oxygen atoms in total. The highest BCUT2D eigenvalue weighted by atomic mass is 32.2. The third kappa shape index (κ3) is 0.957. The predicted molar refractivity (Wildman–Crippen MR) is 59.3 cm³/mol. The third-order valence-corrected chi connectivity index (χ3v) is 5.44. The Bertz CT molecular complexity index is 449. The van der Waals surface area contributed by atoms with Gasteiger partial charge in [0.25, 0.3) is 0 Å². The Balaban J connectivity index is 2.62. The Morgan fingerprint density at radius 2 is 1.00 bits per heavy atom. The summed E-state index contributed by atoms with van der Waals surface area (Å²) < 4.78 is 11.7. The summed E-state index contributed by atoms with van der Waals surface area (Å²) in [6.45, 7) is 0. The van der Waals surface area contributed by atoms with Crippen molar-refractivity contribution in [3.63, 3.8) is 0 Å². The Morgan fingerprint density at radius 3 is 1.33 bits per heavy atom. The van der Waals surface area contributed by atoms with E-state index in [1.807, 2.05) is 0 Å². The van der Waals surface area contributed by atoms with Crippen LogP contribution in [-0.2, 0) is 0 Å². The van der Waals surface area contributed by atoms with Crippen molar-refractivity contribution in [1.29, 1.82) is 0 Å². The standard InChI is InChI=1S/C6H4N2S4/c1-3-5(11-7-9-3)2-6-4(1)10-8-12-6/h1-2,7-8H. The number of nitrogens with one attached hydrogen (secondary N) is 2. The SMILES string of the molecule is c1c2s[nH]sc2cc2s[nH]sc12. The maximum absolute atomic E-state index is 3.18. The zero-order valence-corrected chi connectivity index (χ0v) is 9.05. The maximum atomic E-state index is 3.18. The van der Waals surface area contributed by atoms with Crippen LogP contribution in [0.5, 0.6) is 0 Å².